The van der Waals surface area contributed by atoms with Crippen LogP contribution >= 0.6 is 0 Å². The van der Waals surface area contributed by atoms with Gasteiger partial charge in [-0.15, -0.1) is 0 Å². The van der Waals surface area contributed by atoms with E-state index in [0.717, 1.165) is 18.7 Å². The van der Waals surface area contributed by atoms with Crippen LogP contribution in [-0.4, -0.2) is 12.6 Å². The third kappa shape index (κ3) is 2.91. The minimum absolute atomic E-state index is 0.602. The molecule has 1 aromatic rings. The van der Waals surface area contributed by atoms with Gasteiger partial charge in [0.25, 0.3) is 0 Å². The standard InChI is InChI=1S/C14H24N2/c1-4-11-16(12(5-2)6-3)14-10-8-7-9-13(14)15/h7-10,12H,4-6,11,15H2,1-3H3. The predicted molar refractivity (Wildman–Crippen MR) is 72.9 cm³/mol. The van der Waals surface area contributed by atoms with Gasteiger partial charge in [-0.05, 0) is 31.4 Å². The first-order chi connectivity index (χ1) is 7.74. The summed E-state index contributed by atoms with van der Waals surface area (Å²) in [7, 11) is 0. The van der Waals surface area contributed by atoms with Crippen molar-refractivity contribution in [3.8, 4) is 0 Å². The zero-order chi connectivity index (χ0) is 12.0. The van der Waals surface area contributed by atoms with E-state index in [2.05, 4.69) is 37.8 Å². The fraction of sp³-hybridized carbons (Fsp3) is 0.571. The first-order valence-corrected chi connectivity index (χ1v) is 6.35. The molecule has 0 radical (unpaired) electrons. The summed E-state index contributed by atoms with van der Waals surface area (Å²) in [6.45, 7) is 7.79. The molecule has 0 aromatic heterocycles. The Kier molecular flexibility index (Phi) is 5.17. The van der Waals surface area contributed by atoms with Gasteiger partial charge in [-0.3, -0.25) is 0 Å². The molecule has 0 atom stereocenters. The van der Waals surface area contributed by atoms with E-state index in [9.17, 15) is 0 Å². The Morgan fingerprint density at radius 3 is 2.25 bits per heavy atom. The highest BCUT2D eigenvalue weighted by Gasteiger charge is 2.16. The fourth-order valence-electron chi connectivity index (χ4n) is 2.22. The number of nitrogens with zero attached hydrogens (tertiary/aromatic N) is 1. The molecule has 16 heavy (non-hydrogen) atoms. The Bertz CT molecular complexity index is 305. The van der Waals surface area contributed by atoms with Crippen molar-refractivity contribution >= 4 is 11.4 Å². The van der Waals surface area contributed by atoms with E-state index >= 15 is 0 Å². The van der Waals surface area contributed by atoms with Crippen molar-refractivity contribution in [2.24, 2.45) is 0 Å². The molecule has 1 aromatic carbocycles. The average molecular weight is 220 g/mol. The maximum Gasteiger partial charge on any atom is 0.0602 e. The number of para-hydroxylation sites is 2. The highest BCUT2D eigenvalue weighted by atomic mass is 15.2. The van der Waals surface area contributed by atoms with Gasteiger partial charge in [0, 0.05) is 12.6 Å². The van der Waals surface area contributed by atoms with E-state index in [1.165, 1.54) is 18.5 Å². The molecule has 0 aliphatic carbocycles. The maximum atomic E-state index is 6.06. The van der Waals surface area contributed by atoms with Crippen LogP contribution in [0, 0.1) is 0 Å². The van der Waals surface area contributed by atoms with Gasteiger partial charge in [-0.25, -0.2) is 0 Å². The van der Waals surface area contributed by atoms with Gasteiger partial charge >= 0.3 is 0 Å². The molecule has 2 heteroatoms. The lowest BCUT2D eigenvalue weighted by Gasteiger charge is -2.33. The van der Waals surface area contributed by atoms with Crippen LogP contribution in [0.25, 0.3) is 0 Å². The number of nitrogens with two attached hydrogens (primary N) is 1. The molecular weight excluding hydrogens is 196 g/mol. The number of anilines is 2. The van der Waals surface area contributed by atoms with Crippen LogP contribution in [0.3, 0.4) is 0 Å². The molecule has 0 unspecified atom stereocenters. The third-order valence-electron chi connectivity index (χ3n) is 3.09. The molecule has 0 spiro atoms. The Balaban J connectivity index is 2.97. The Hall–Kier alpha value is -1.18. The monoisotopic (exact) mass is 220 g/mol. The van der Waals surface area contributed by atoms with Crippen LogP contribution in [-0.2, 0) is 0 Å². The molecule has 0 saturated carbocycles. The lowest BCUT2D eigenvalue weighted by atomic mass is 10.1. The van der Waals surface area contributed by atoms with Crippen LogP contribution in [0.2, 0.25) is 0 Å². The van der Waals surface area contributed by atoms with Crippen molar-refractivity contribution in [1.82, 2.24) is 0 Å². The smallest absolute Gasteiger partial charge is 0.0602 e. The highest BCUT2D eigenvalue weighted by molar-refractivity contribution is 5.67. The topological polar surface area (TPSA) is 29.3 Å². The Morgan fingerprint density at radius 2 is 1.75 bits per heavy atom. The summed E-state index contributed by atoms with van der Waals surface area (Å²) in [4.78, 5) is 2.45. The van der Waals surface area contributed by atoms with E-state index in [1.54, 1.807) is 0 Å². The van der Waals surface area contributed by atoms with Crippen LogP contribution in [0.1, 0.15) is 40.0 Å². The SMILES string of the molecule is CCCN(c1ccccc1N)C(CC)CC. The number of benzene rings is 1. The summed E-state index contributed by atoms with van der Waals surface area (Å²) in [5, 5.41) is 0. The van der Waals surface area contributed by atoms with Gasteiger partial charge in [0.15, 0.2) is 0 Å². The quantitative estimate of drug-likeness (QED) is 0.741. The van der Waals surface area contributed by atoms with Crippen molar-refractivity contribution in [1.29, 1.82) is 0 Å². The van der Waals surface area contributed by atoms with E-state index in [0.29, 0.717) is 6.04 Å². The Labute approximate surface area is 99.5 Å². The number of rotatable bonds is 6. The summed E-state index contributed by atoms with van der Waals surface area (Å²) in [5.41, 5.74) is 8.14. The van der Waals surface area contributed by atoms with Crippen LogP contribution in [0.4, 0.5) is 11.4 Å². The van der Waals surface area contributed by atoms with E-state index in [4.69, 9.17) is 5.73 Å². The zero-order valence-electron chi connectivity index (χ0n) is 10.7. The second-order valence-corrected chi connectivity index (χ2v) is 4.22. The minimum Gasteiger partial charge on any atom is -0.397 e. The van der Waals surface area contributed by atoms with Crippen molar-refractivity contribution < 1.29 is 0 Å². The summed E-state index contributed by atoms with van der Waals surface area (Å²) in [5.74, 6) is 0. The first kappa shape index (κ1) is 12.9. The van der Waals surface area contributed by atoms with Gasteiger partial charge in [-0.1, -0.05) is 32.9 Å². The summed E-state index contributed by atoms with van der Waals surface area (Å²) in [6.07, 6.45) is 3.50. The van der Waals surface area contributed by atoms with E-state index < -0.39 is 0 Å². The van der Waals surface area contributed by atoms with Crippen molar-refractivity contribution in [2.45, 2.75) is 46.1 Å². The lowest BCUT2D eigenvalue weighted by molar-refractivity contribution is 0.554. The number of hydrogen-bond acceptors (Lipinski definition) is 2. The molecule has 0 saturated heterocycles. The molecule has 2 N–H and O–H groups in total. The minimum atomic E-state index is 0.602. The van der Waals surface area contributed by atoms with Crippen molar-refractivity contribution in [2.75, 3.05) is 17.2 Å². The summed E-state index contributed by atoms with van der Waals surface area (Å²) in [6, 6.07) is 8.78. The van der Waals surface area contributed by atoms with Crippen LogP contribution in [0.15, 0.2) is 24.3 Å². The van der Waals surface area contributed by atoms with Gasteiger partial charge in [-0.2, -0.15) is 0 Å². The number of nitrogen functional groups attached to an aromatic ring is 1. The molecular formula is C14H24N2. The molecule has 0 heterocycles. The molecule has 0 amide bonds. The summed E-state index contributed by atoms with van der Waals surface area (Å²) < 4.78 is 0. The van der Waals surface area contributed by atoms with E-state index in [1.807, 2.05) is 12.1 Å². The largest absolute Gasteiger partial charge is 0.397 e. The van der Waals surface area contributed by atoms with Gasteiger partial charge in [0.1, 0.15) is 0 Å². The molecule has 0 fully saturated rings. The van der Waals surface area contributed by atoms with Crippen molar-refractivity contribution in [3.05, 3.63) is 24.3 Å². The van der Waals surface area contributed by atoms with Gasteiger partial charge < -0.3 is 10.6 Å². The molecule has 90 valence electrons. The molecule has 0 bridgehead atoms. The predicted octanol–water partition coefficient (Wildman–Crippen LogP) is 3.67. The second kappa shape index (κ2) is 6.41. The fourth-order valence-corrected chi connectivity index (χ4v) is 2.22. The van der Waals surface area contributed by atoms with Gasteiger partial charge in [0.2, 0.25) is 0 Å². The normalized spacial score (nSPS) is 10.8. The molecule has 1 rings (SSSR count). The molecule has 0 aliphatic rings. The molecule has 2 nitrogen and oxygen atoms in total. The first-order valence-electron chi connectivity index (χ1n) is 6.35. The average Bonchev–Trinajstić information content (AvgIpc) is 2.30. The van der Waals surface area contributed by atoms with E-state index in [-0.39, 0.29) is 0 Å². The summed E-state index contributed by atoms with van der Waals surface area (Å²) >= 11 is 0. The second-order valence-electron chi connectivity index (χ2n) is 4.22. The maximum absolute atomic E-state index is 6.06. The van der Waals surface area contributed by atoms with Crippen molar-refractivity contribution in [3.63, 3.8) is 0 Å². The highest BCUT2D eigenvalue weighted by Crippen LogP contribution is 2.26. The van der Waals surface area contributed by atoms with Crippen LogP contribution in [0.5, 0.6) is 0 Å². The third-order valence-corrected chi connectivity index (χ3v) is 3.09. The van der Waals surface area contributed by atoms with Gasteiger partial charge in [0.05, 0.1) is 11.4 Å². The zero-order valence-corrected chi connectivity index (χ0v) is 10.7. The van der Waals surface area contributed by atoms with Crippen LogP contribution < -0.4 is 10.6 Å². The Morgan fingerprint density at radius 1 is 1.12 bits per heavy atom. The number of hydrogen-bond donors (Lipinski definition) is 1. The molecule has 0 aliphatic heterocycles. The lowest BCUT2D eigenvalue weighted by Crippen LogP contribution is -2.35.